The van der Waals surface area contributed by atoms with E-state index in [-0.39, 0.29) is 23.5 Å². The van der Waals surface area contributed by atoms with Gasteiger partial charge in [-0.1, -0.05) is 12.1 Å². The van der Waals surface area contributed by atoms with Crippen molar-refractivity contribution in [2.75, 3.05) is 0 Å². The lowest BCUT2D eigenvalue weighted by atomic mass is 9.83. The number of carbonyl (C=O) groups is 1. The van der Waals surface area contributed by atoms with Crippen molar-refractivity contribution >= 4 is 34.9 Å². The fraction of sp³-hybridized carbons (Fsp3) is 0.412. The van der Waals surface area contributed by atoms with Crippen LogP contribution in [0.25, 0.3) is 16.6 Å². The first kappa shape index (κ1) is 17.5. The van der Waals surface area contributed by atoms with Gasteiger partial charge in [0.15, 0.2) is 0 Å². The summed E-state index contributed by atoms with van der Waals surface area (Å²) in [5.41, 5.74) is 8.39. The molecule has 1 aromatic carbocycles. The number of hydrogen-bond donors (Lipinski definition) is 3. The Balaban J connectivity index is 0.00000192. The van der Waals surface area contributed by atoms with E-state index in [2.05, 4.69) is 49.1 Å². The molecule has 124 valence electrons. The van der Waals surface area contributed by atoms with E-state index in [1.54, 1.807) is 6.07 Å². The predicted octanol–water partition coefficient (Wildman–Crippen LogP) is 3.02. The first-order valence-corrected chi connectivity index (χ1v) is 7.47. The van der Waals surface area contributed by atoms with E-state index in [0.29, 0.717) is 11.1 Å². The maximum Gasteiger partial charge on any atom is 0.250 e. The molecular weight excluding hydrogens is 312 g/mol. The predicted molar refractivity (Wildman–Crippen MR) is 95.7 cm³/mol. The molecule has 3 rings (SSSR count). The van der Waals surface area contributed by atoms with Gasteiger partial charge in [-0.3, -0.25) is 4.79 Å². The Hall–Kier alpha value is -1.85. The smallest absolute Gasteiger partial charge is 0.250 e. The minimum absolute atomic E-state index is 0. The molecular formula is C17H23ClN4O. The molecule has 2 aromatic rings. The Bertz CT molecular complexity index is 789. The van der Waals surface area contributed by atoms with Crippen LogP contribution in [0.2, 0.25) is 0 Å². The lowest BCUT2D eigenvalue weighted by molar-refractivity contribution is 0.100. The quantitative estimate of drug-likeness (QED) is 0.789. The van der Waals surface area contributed by atoms with Gasteiger partial charge in [0.25, 0.3) is 5.91 Å². The first-order chi connectivity index (χ1) is 10.2. The molecule has 0 bridgehead atoms. The molecule has 2 heterocycles. The summed E-state index contributed by atoms with van der Waals surface area (Å²) in [7, 11) is 0. The monoisotopic (exact) mass is 334 g/mol. The number of imidazole rings is 1. The Morgan fingerprint density at radius 1 is 1.26 bits per heavy atom. The van der Waals surface area contributed by atoms with Crippen molar-refractivity contribution in [3.05, 3.63) is 35.7 Å². The molecule has 0 saturated carbocycles. The second kappa shape index (κ2) is 5.65. The van der Waals surface area contributed by atoms with Crippen LogP contribution in [0.1, 0.15) is 50.3 Å². The summed E-state index contributed by atoms with van der Waals surface area (Å²) in [5.74, 6) is 0.356. The van der Waals surface area contributed by atoms with Crippen LogP contribution >= 0.6 is 12.4 Å². The van der Waals surface area contributed by atoms with Crippen molar-refractivity contribution < 1.29 is 4.79 Å². The summed E-state index contributed by atoms with van der Waals surface area (Å²) < 4.78 is 0. The van der Waals surface area contributed by atoms with Gasteiger partial charge in [-0.2, -0.15) is 0 Å². The number of para-hydroxylation sites is 1. The fourth-order valence-corrected chi connectivity index (χ4v) is 3.45. The van der Waals surface area contributed by atoms with Crippen molar-refractivity contribution in [3.63, 3.8) is 0 Å². The number of aromatic amines is 1. The molecule has 0 saturated heterocycles. The second-order valence-corrected chi connectivity index (χ2v) is 7.23. The van der Waals surface area contributed by atoms with Gasteiger partial charge in [-0.05, 0) is 51.8 Å². The molecule has 1 amide bonds. The maximum absolute atomic E-state index is 11.6. The minimum atomic E-state index is -0.455. The Labute approximate surface area is 142 Å². The summed E-state index contributed by atoms with van der Waals surface area (Å²) in [5, 5.41) is 3.60. The Kier molecular flexibility index (Phi) is 4.30. The van der Waals surface area contributed by atoms with Gasteiger partial charge < -0.3 is 16.0 Å². The summed E-state index contributed by atoms with van der Waals surface area (Å²) in [6, 6.07) is 5.44. The molecule has 23 heavy (non-hydrogen) atoms. The molecule has 0 aliphatic carbocycles. The fourth-order valence-electron chi connectivity index (χ4n) is 3.45. The third-order valence-corrected chi connectivity index (χ3v) is 3.91. The largest absolute Gasteiger partial charge is 0.366 e. The molecule has 1 aromatic heterocycles. The summed E-state index contributed by atoms with van der Waals surface area (Å²) >= 11 is 0. The van der Waals surface area contributed by atoms with Gasteiger partial charge in [-0.25, -0.2) is 4.98 Å². The van der Waals surface area contributed by atoms with Gasteiger partial charge in [0.2, 0.25) is 0 Å². The number of halogens is 1. The Morgan fingerprint density at radius 2 is 1.96 bits per heavy atom. The van der Waals surface area contributed by atoms with Crippen LogP contribution in [0, 0.1) is 0 Å². The number of H-pyrrole nitrogens is 1. The van der Waals surface area contributed by atoms with Gasteiger partial charge in [0.1, 0.15) is 11.3 Å². The lowest BCUT2D eigenvalue weighted by Gasteiger charge is -2.40. The minimum Gasteiger partial charge on any atom is -0.366 e. The molecule has 0 atom stereocenters. The average molecular weight is 335 g/mol. The lowest BCUT2D eigenvalue weighted by Crippen LogP contribution is -2.53. The molecule has 5 nitrogen and oxygen atoms in total. The van der Waals surface area contributed by atoms with Crippen molar-refractivity contribution in [3.8, 4) is 0 Å². The number of nitrogens with one attached hydrogen (secondary N) is 2. The number of nitrogens with zero attached hydrogens (tertiary/aromatic N) is 1. The number of fused-ring (bicyclic) bond motifs is 1. The summed E-state index contributed by atoms with van der Waals surface area (Å²) in [4.78, 5) is 19.5. The third kappa shape index (κ3) is 3.41. The van der Waals surface area contributed by atoms with Crippen LogP contribution in [0.5, 0.6) is 0 Å². The van der Waals surface area contributed by atoms with Crippen molar-refractivity contribution in [2.45, 2.75) is 45.2 Å². The van der Waals surface area contributed by atoms with Crippen LogP contribution in [-0.4, -0.2) is 27.0 Å². The standard InChI is InChI=1S/C17H22N4O.ClH/c1-16(2)8-10(9-17(3,4)21-16)15-19-12-7-5-6-11(14(18)22)13(12)20-15;/h5-8,21H,9H2,1-4H3,(H2,18,22)(H,19,20);1H. The summed E-state index contributed by atoms with van der Waals surface area (Å²) in [6.07, 6.45) is 3.06. The van der Waals surface area contributed by atoms with Gasteiger partial charge >= 0.3 is 0 Å². The highest BCUT2D eigenvalue weighted by Crippen LogP contribution is 2.33. The topological polar surface area (TPSA) is 83.8 Å². The van der Waals surface area contributed by atoms with Crippen molar-refractivity contribution in [1.82, 2.24) is 15.3 Å². The maximum atomic E-state index is 11.6. The van der Waals surface area contributed by atoms with E-state index in [9.17, 15) is 4.79 Å². The Morgan fingerprint density at radius 3 is 2.57 bits per heavy atom. The zero-order chi connectivity index (χ0) is 16.1. The molecule has 0 radical (unpaired) electrons. The number of carbonyl (C=O) groups excluding carboxylic acids is 1. The highest BCUT2D eigenvalue weighted by atomic mass is 35.5. The van der Waals surface area contributed by atoms with E-state index in [4.69, 9.17) is 5.73 Å². The SMILES string of the molecule is CC1(C)C=C(c2nc3c(C(N)=O)cccc3[nH]2)CC(C)(C)N1.Cl. The van der Waals surface area contributed by atoms with Gasteiger partial charge in [0.05, 0.1) is 11.1 Å². The van der Waals surface area contributed by atoms with Crippen LogP contribution in [0.4, 0.5) is 0 Å². The zero-order valence-electron chi connectivity index (χ0n) is 13.9. The normalized spacial score (nSPS) is 19.0. The van der Waals surface area contributed by atoms with E-state index >= 15 is 0 Å². The van der Waals surface area contributed by atoms with Crippen LogP contribution in [-0.2, 0) is 0 Å². The number of rotatable bonds is 2. The van der Waals surface area contributed by atoms with Crippen molar-refractivity contribution in [2.24, 2.45) is 5.73 Å². The number of primary amides is 1. The number of benzene rings is 1. The first-order valence-electron chi connectivity index (χ1n) is 7.47. The zero-order valence-corrected chi connectivity index (χ0v) is 14.7. The molecule has 6 heteroatoms. The van der Waals surface area contributed by atoms with Crippen molar-refractivity contribution in [1.29, 1.82) is 0 Å². The van der Waals surface area contributed by atoms with E-state index < -0.39 is 5.91 Å². The molecule has 0 spiro atoms. The highest BCUT2D eigenvalue weighted by molar-refractivity contribution is 6.04. The van der Waals surface area contributed by atoms with E-state index in [0.717, 1.165) is 23.3 Å². The molecule has 1 aliphatic rings. The van der Waals surface area contributed by atoms with E-state index in [1.165, 1.54) is 0 Å². The summed E-state index contributed by atoms with van der Waals surface area (Å²) in [6.45, 7) is 8.65. The molecule has 0 fully saturated rings. The number of aromatic nitrogens is 2. The average Bonchev–Trinajstić information content (AvgIpc) is 2.78. The van der Waals surface area contributed by atoms with Crippen LogP contribution in [0.3, 0.4) is 0 Å². The van der Waals surface area contributed by atoms with Crippen LogP contribution < -0.4 is 11.1 Å². The van der Waals surface area contributed by atoms with E-state index in [1.807, 2.05) is 12.1 Å². The third-order valence-electron chi connectivity index (χ3n) is 3.91. The van der Waals surface area contributed by atoms with Gasteiger partial charge in [0, 0.05) is 11.1 Å². The highest BCUT2D eigenvalue weighted by Gasteiger charge is 2.33. The number of amides is 1. The molecule has 4 N–H and O–H groups in total. The second-order valence-electron chi connectivity index (χ2n) is 7.23. The number of nitrogens with two attached hydrogens (primary N) is 1. The van der Waals surface area contributed by atoms with Crippen LogP contribution in [0.15, 0.2) is 24.3 Å². The van der Waals surface area contributed by atoms with Gasteiger partial charge in [-0.15, -0.1) is 12.4 Å². The molecule has 1 aliphatic heterocycles. The number of hydrogen-bond acceptors (Lipinski definition) is 3. The molecule has 0 unspecified atom stereocenters.